The van der Waals surface area contributed by atoms with E-state index in [4.69, 9.17) is 0 Å². The molecule has 106 valence electrons. The van der Waals surface area contributed by atoms with Crippen LogP contribution in [-0.4, -0.2) is 49.6 Å². The molecule has 0 aromatic carbocycles. The van der Waals surface area contributed by atoms with Gasteiger partial charge in [0.15, 0.2) is 0 Å². The Morgan fingerprint density at radius 1 is 1.33 bits per heavy atom. The maximum atomic E-state index is 11.6. The fraction of sp³-hybridized carbons (Fsp3) is 0.929. The van der Waals surface area contributed by atoms with Gasteiger partial charge >= 0.3 is 0 Å². The van der Waals surface area contributed by atoms with Gasteiger partial charge in [0, 0.05) is 18.6 Å². The zero-order valence-electron chi connectivity index (χ0n) is 12.2. The number of carbonyl (C=O) groups is 1. The zero-order chi connectivity index (χ0) is 13.4. The number of nitrogens with zero attached hydrogens (tertiary/aromatic N) is 1. The Morgan fingerprint density at radius 3 is 2.61 bits per heavy atom. The van der Waals surface area contributed by atoms with Crippen LogP contribution in [0.3, 0.4) is 0 Å². The Labute approximate surface area is 111 Å². The van der Waals surface area contributed by atoms with Gasteiger partial charge in [-0.05, 0) is 46.7 Å². The van der Waals surface area contributed by atoms with Gasteiger partial charge in [-0.1, -0.05) is 12.8 Å². The average Bonchev–Trinajstić information content (AvgIpc) is 2.84. The van der Waals surface area contributed by atoms with Crippen molar-refractivity contribution in [2.45, 2.75) is 58.0 Å². The first-order valence-corrected chi connectivity index (χ1v) is 7.30. The first kappa shape index (κ1) is 15.4. The van der Waals surface area contributed by atoms with Crippen LogP contribution >= 0.6 is 0 Å². The van der Waals surface area contributed by atoms with E-state index in [1.165, 1.54) is 25.7 Å². The normalized spacial score (nSPS) is 16.7. The lowest BCUT2D eigenvalue weighted by atomic mass is 10.2. The van der Waals surface area contributed by atoms with Crippen molar-refractivity contribution in [3.8, 4) is 0 Å². The van der Waals surface area contributed by atoms with Crippen LogP contribution < -0.4 is 10.6 Å². The van der Waals surface area contributed by atoms with E-state index in [0.717, 1.165) is 19.5 Å². The van der Waals surface area contributed by atoms with E-state index >= 15 is 0 Å². The molecule has 2 N–H and O–H groups in total. The minimum Gasteiger partial charge on any atom is -0.355 e. The van der Waals surface area contributed by atoms with Gasteiger partial charge < -0.3 is 15.5 Å². The summed E-state index contributed by atoms with van der Waals surface area (Å²) in [5.41, 5.74) is 0. The Bertz CT molecular complexity index is 237. The highest BCUT2D eigenvalue weighted by molar-refractivity contribution is 5.77. The van der Waals surface area contributed by atoms with Gasteiger partial charge in [-0.2, -0.15) is 0 Å². The Kier molecular flexibility index (Phi) is 7.28. The van der Waals surface area contributed by atoms with E-state index in [2.05, 4.69) is 36.4 Å². The van der Waals surface area contributed by atoms with Crippen molar-refractivity contribution in [3.05, 3.63) is 0 Å². The molecule has 1 saturated carbocycles. The fourth-order valence-corrected chi connectivity index (χ4v) is 2.24. The number of rotatable bonds is 8. The van der Waals surface area contributed by atoms with Crippen molar-refractivity contribution in [1.29, 1.82) is 0 Å². The van der Waals surface area contributed by atoms with Crippen molar-refractivity contribution < 1.29 is 4.79 Å². The van der Waals surface area contributed by atoms with Gasteiger partial charge in [0.25, 0.3) is 0 Å². The summed E-state index contributed by atoms with van der Waals surface area (Å²) in [6, 6.07) is 1.15. The molecule has 0 aromatic rings. The first-order chi connectivity index (χ1) is 8.59. The second kappa shape index (κ2) is 8.48. The molecule has 0 aromatic heterocycles. The number of nitrogens with one attached hydrogen (secondary N) is 2. The van der Waals surface area contributed by atoms with Crippen LogP contribution in [0.1, 0.15) is 46.0 Å². The van der Waals surface area contributed by atoms with Crippen molar-refractivity contribution in [2.75, 3.05) is 26.7 Å². The summed E-state index contributed by atoms with van der Waals surface area (Å²) in [6.45, 7) is 6.66. The third-order valence-electron chi connectivity index (χ3n) is 3.80. The molecule has 0 heterocycles. The van der Waals surface area contributed by atoms with E-state index in [1.807, 2.05) is 0 Å². The van der Waals surface area contributed by atoms with E-state index in [-0.39, 0.29) is 5.91 Å². The van der Waals surface area contributed by atoms with E-state index in [0.29, 0.717) is 18.6 Å². The lowest BCUT2D eigenvalue weighted by Crippen LogP contribution is -2.39. The van der Waals surface area contributed by atoms with E-state index in [9.17, 15) is 4.79 Å². The molecule has 0 aliphatic heterocycles. The van der Waals surface area contributed by atoms with Crippen molar-refractivity contribution in [2.24, 2.45) is 0 Å². The second-order valence-electron chi connectivity index (χ2n) is 5.64. The quantitative estimate of drug-likeness (QED) is 0.644. The van der Waals surface area contributed by atoms with Crippen LogP contribution in [0.5, 0.6) is 0 Å². The number of hydrogen-bond donors (Lipinski definition) is 2. The summed E-state index contributed by atoms with van der Waals surface area (Å²) in [5, 5.41) is 6.30. The molecule has 18 heavy (non-hydrogen) atoms. The molecule has 1 fully saturated rings. The predicted molar refractivity (Wildman–Crippen MR) is 75.7 cm³/mol. The van der Waals surface area contributed by atoms with Gasteiger partial charge in [0.05, 0.1) is 6.54 Å². The topological polar surface area (TPSA) is 44.4 Å². The molecule has 0 unspecified atom stereocenters. The van der Waals surface area contributed by atoms with Crippen LogP contribution in [0.4, 0.5) is 0 Å². The molecule has 0 saturated heterocycles. The maximum absolute atomic E-state index is 11.6. The van der Waals surface area contributed by atoms with Crippen LogP contribution in [0.25, 0.3) is 0 Å². The highest BCUT2D eigenvalue weighted by Gasteiger charge is 2.14. The molecule has 4 heteroatoms. The number of hydrogen-bond acceptors (Lipinski definition) is 3. The molecular weight excluding hydrogens is 226 g/mol. The van der Waals surface area contributed by atoms with E-state index in [1.54, 1.807) is 0 Å². The lowest BCUT2D eigenvalue weighted by molar-refractivity contribution is -0.120. The molecule has 1 aliphatic carbocycles. The predicted octanol–water partition coefficient (Wildman–Crippen LogP) is 1.37. The SMILES string of the molecule is CC(C)N(C)CCCNC(=O)CNC1CCCC1. The lowest BCUT2D eigenvalue weighted by Gasteiger charge is -2.20. The zero-order valence-corrected chi connectivity index (χ0v) is 12.2. The highest BCUT2D eigenvalue weighted by Crippen LogP contribution is 2.17. The second-order valence-corrected chi connectivity index (χ2v) is 5.64. The standard InChI is InChI=1S/C14H29N3O/c1-12(2)17(3)10-6-9-15-14(18)11-16-13-7-4-5-8-13/h12-13,16H,4-11H2,1-3H3,(H,15,18). The van der Waals surface area contributed by atoms with E-state index < -0.39 is 0 Å². The third-order valence-corrected chi connectivity index (χ3v) is 3.80. The number of carbonyl (C=O) groups excluding carboxylic acids is 1. The van der Waals surface area contributed by atoms with Crippen LogP contribution in [-0.2, 0) is 4.79 Å². The molecule has 0 spiro atoms. The van der Waals surface area contributed by atoms with Crippen LogP contribution in [0.2, 0.25) is 0 Å². The maximum Gasteiger partial charge on any atom is 0.233 e. The smallest absolute Gasteiger partial charge is 0.233 e. The first-order valence-electron chi connectivity index (χ1n) is 7.30. The van der Waals surface area contributed by atoms with Crippen LogP contribution in [0.15, 0.2) is 0 Å². The van der Waals surface area contributed by atoms with Gasteiger partial charge in [0.1, 0.15) is 0 Å². The Morgan fingerprint density at radius 2 is 2.00 bits per heavy atom. The number of amides is 1. The third kappa shape index (κ3) is 6.36. The largest absolute Gasteiger partial charge is 0.355 e. The summed E-state index contributed by atoms with van der Waals surface area (Å²) >= 11 is 0. The Balaban J connectivity index is 1.96. The summed E-state index contributed by atoms with van der Waals surface area (Å²) in [7, 11) is 2.12. The summed E-state index contributed by atoms with van der Waals surface area (Å²) in [5.74, 6) is 0.133. The Hall–Kier alpha value is -0.610. The summed E-state index contributed by atoms with van der Waals surface area (Å²) in [6.07, 6.45) is 6.09. The molecule has 1 amide bonds. The monoisotopic (exact) mass is 255 g/mol. The molecule has 0 radical (unpaired) electrons. The average molecular weight is 255 g/mol. The van der Waals surface area contributed by atoms with Gasteiger partial charge in [0.2, 0.25) is 5.91 Å². The molecule has 4 nitrogen and oxygen atoms in total. The molecule has 1 rings (SSSR count). The summed E-state index contributed by atoms with van der Waals surface area (Å²) in [4.78, 5) is 13.9. The minimum atomic E-state index is 0.133. The van der Waals surface area contributed by atoms with Crippen LogP contribution in [0, 0.1) is 0 Å². The molecule has 0 bridgehead atoms. The van der Waals surface area contributed by atoms with Crippen molar-refractivity contribution in [3.63, 3.8) is 0 Å². The van der Waals surface area contributed by atoms with Gasteiger partial charge in [-0.25, -0.2) is 0 Å². The minimum absolute atomic E-state index is 0.133. The fourth-order valence-electron chi connectivity index (χ4n) is 2.24. The van der Waals surface area contributed by atoms with Gasteiger partial charge in [-0.15, -0.1) is 0 Å². The molecule has 1 aliphatic rings. The van der Waals surface area contributed by atoms with Gasteiger partial charge in [-0.3, -0.25) is 4.79 Å². The molecule has 0 atom stereocenters. The highest BCUT2D eigenvalue weighted by atomic mass is 16.1. The van der Waals surface area contributed by atoms with Crippen molar-refractivity contribution in [1.82, 2.24) is 15.5 Å². The molecular formula is C14H29N3O. The summed E-state index contributed by atoms with van der Waals surface area (Å²) < 4.78 is 0. The van der Waals surface area contributed by atoms with Crippen molar-refractivity contribution >= 4 is 5.91 Å².